The second-order valence-electron chi connectivity index (χ2n) is 3.53. The summed E-state index contributed by atoms with van der Waals surface area (Å²) in [5, 5.41) is 0.920. The summed E-state index contributed by atoms with van der Waals surface area (Å²) in [5.74, 6) is 0.668. The standard InChI is InChI=1S/C10H12N4/c1-6(2)8-4-3-7-5-12-10(11)14-9(7)13-8/h3-6H,1-2H3,(H2,11,12,13,14). The van der Waals surface area contributed by atoms with Crippen molar-refractivity contribution in [3.8, 4) is 0 Å². The molecular formula is C10H12N4. The van der Waals surface area contributed by atoms with Gasteiger partial charge in [0, 0.05) is 17.3 Å². The molecule has 0 bridgehead atoms. The second-order valence-corrected chi connectivity index (χ2v) is 3.53. The maximum absolute atomic E-state index is 5.49. The highest BCUT2D eigenvalue weighted by Gasteiger charge is 2.03. The fraction of sp³-hybridized carbons (Fsp3) is 0.300. The van der Waals surface area contributed by atoms with Crippen molar-refractivity contribution in [1.29, 1.82) is 0 Å². The quantitative estimate of drug-likeness (QED) is 0.740. The van der Waals surface area contributed by atoms with Crippen molar-refractivity contribution in [2.24, 2.45) is 0 Å². The number of pyridine rings is 1. The Morgan fingerprint density at radius 1 is 1.21 bits per heavy atom. The first kappa shape index (κ1) is 8.87. The van der Waals surface area contributed by atoms with Crippen LogP contribution in [0.5, 0.6) is 0 Å². The molecule has 2 aromatic heterocycles. The van der Waals surface area contributed by atoms with Gasteiger partial charge in [-0.1, -0.05) is 13.8 Å². The number of anilines is 1. The van der Waals surface area contributed by atoms with Gasteiger partial charge in [0.1, 0.15) is 0 Å². The Kier molecular flexibility index (Phi) is 2.04. The maximum Gasteiger partial charge on any atom is 0.222 e. The second kappa shape index (κ2) is 3.21. The third-order valence-corrected chi connectivity index (χ3v) is 2.07. The molecule has 0 spiro atoms. The summed E-state index contributed by atoms with van der Waals surface area (Å²) in [7, 11) is 0. The van der Waals surface area contributed by atoms with Gasteiger partial charge < -0.3 is 5.73 Å². The third kappa shape index (κ3) is 1.51. The molecule has 0 atom stereocenters. The third-order valence-electron chi connectivity index (χ3n) is 2.07. The summed E-state index contributed by atoms with van der Waals surface area (Å²) >= 11 is 0. The van der Waals surface area contributed by atoms with E-state index in [0.29, 0.717) is 11.6 Å². The van der Waals surface area contributed by atoms with Crippen molar-refractivity contribution in [2.45, 2.75) is 19.8 Å². The van der Waals surface area contributed by atoms with Crippen molar-refractivity contribution in [1.82, 2.24) is 15.0 Å². The zero-order chi connectivity index (χ0) is 10.1. The predicted octanol–water partition coefficient (Wildman–Crippen LogP) is 1.73. The molecule has 14 heavy (non-hydrogen) atoms. The van der Waals surface area contributed by atoms with Gasteiger partial charge in [0.25, 0.3) is 0 Å². The lowest BCUT2D eigenvalue weighted by atomic mass is 10.1. The SMILES string of the molecule is CC(C)c1ccc2cnc(N)nc2n1. The molecule has 2 aromatic rings. The molecule has 0 unspecified atom stereocenters. The summed E-state index contributed by atoms with van der Waals surface area (Å²) in [6.07, 6.45) is 1.69. The lowest BCUT2D eigenvalue weighted by Crippen LogP contribution is -1.98. The number of nitrogens with two attached hydrogens (primary N) is 1. The van der Waals surface area contributed by atoms with Crippen LogP contribution < -0.4 is 5.73 Å². The highest BCUT2D eigenvalue weighted by atomic mass is 15.0. The molecule has 0 saturated heterocycles. The van der Waals surface area contributed by atoms with E-state index < -0.39 is 0 Å². The molecule has 2 rings (SSSR count). The maximum atomic E-state index is 5.49. The number of fused-ring (bicyclic) bond motifs is 1. The summed E-state index contributed by atoms with van der Waals surface area (Å²) in [6, 6.07) is 3.96. The lowest BCUT2D eigenvalue weighted by Gasteiger charge is -2.04. The van der Waals surface area contributed by atoms with E-state index >= 15 is 0 Å². The van der Waals surface area contributed by atoms with E-state index in [9.17, 15) is 0 Å². The Morgan fingerprint density at radius 3 is 2.71 bits per heavy atom. The van der Waals surface area contributed by atoms with E-state index in [-0.39, 0.29) is 5.95 Å². The minimum absolute atomic E-state index is 0.269. The van der Waals surface area contributed by atoms with Crippen LogP contribution in [0.4, 0.5) is 5.95 Å². The van der Waals surface area contributed by atoms with Gasteiger partial charge in [-0.25, -0.2) is 9.97 Å². The van der Waals surface area contributed by atoms with E-state index in [1.165, 1.54) is 0 Å². The molecule has 0 saturated carbocycles. The van der Waals surface area contributed by atoms with Gasteiger partial charge in [0.2, 0.25) is 5.95 Å². The Bertz CT molecular complexity index is 465. The van der Waals surface area contributed by atoms with E-state index in [2.05, 4.69) is 28.8 Å². The lowest BCUT2D eigenvalue weighted by molar-refractivity contribution is 0.827. The molecule has 2 heterocycles. The van der Waals surface area contributed by atoms with Gasteiger partial charge >= 0.3 is 0 Å². The van der Waals surface area contributed by atoms with E-state index in [1.54, 1.807) is 6.20 Å². The molecule has 0 fully saturated rings. The van der Waals surface area contributed by atoms with Crippen molar-refractivity contribution in [2.75, 3.05) is 5.73 Å². The number of nitrogen functional groups attached to an aromatic ring is 1. The minimum atomic E-state index is 0.269. The Morgan fingerprint density at radius 2 is 2.00 bits per heavy atom. The highest BCUT2D eigenvalue weighted by Crippen LogP contribution is 2.15. The van der Waals surface area contributed by atoms with Gasteiger partial charge in [-0.3, -0.25) is 0 Å². The van der Waals surface area contributed by atoms with Crippen LogP contribution in [-0.4, -0.2) is 15.0 Å². The molecule has 0 aliphatic carbocycles. The smallest absolute Gasteiger partial charge is 0.222 e. The van der Waals surface area contributed by atoms with E-state index in [4.69, 9.17) is 5.73 Å². The summed E-state index contributed by atoms with van der Waals surface area (Å²) in [4.78, 5) is 12.4. The summed E-state index contributed by atoms with van der Waals surface area (Å²) in [5.41, 5.74) is 7.18. The van der Waals surface area contributed by atoms with Crippen LogP contribution in [0.2, 0.25) is 0 Å². The zero-order valence-corrected chi connectivity index (χ0v) is 8.23. The summed E-state index contributed by atoms with van der Waals surface area (Å²) < 4.78 is 0. The van der Waals surface area contributed by atoms with Crippen LogP contribution in [0.1, 0.15) is 25.5 Å². The molecule has 0 aromatic carbocycles. The topological polar surface area (TPSA) is 64.7 Å². The number of rotatable bonds is 1. The number of nitrogens with zero attached hydrogens (tertiary/aromatic N) is 3. The van der Waals surface area contributed by atoms with E-state index in [1.807, 2.05) is 12.1 Å². The van der Waals surface area contributed by atoms with Crippen LogP contribution in [0.15, 0.2) is 18.3 Å². The Hall–Kier alpha value is -1.71. The molecule has 72 valence electrons. The van der Waals surface area contributed by atoms with Crippen LogP contribution >= 0.6 is 0 Å². The van der Waals surface area contributed by atoms with Gasteiger partial charge in [-0.15, -0.1) is 0 Å². The number of hydrogen-bond acceptors (Lipinski definition) is 4. The first-order chi connectivity index (χ1) is 6.66. The molecule has 2 N–H and O–H groups in total. The first-order valence-corrected chi connectivity index (χ1v) is 4.56. The molecule has 0 aliphatic rings. The molecule has 0 radical (unpaired) electrons. The number of aromatic nitrogens is 3. The van der Waals surface area contributed by atoms with Crippen molar-refractivity contribution in [3.63, 3.8) is 0 Å². The zero-order valence-electron chi connectivity index (χ0n) is 8.23. The van der Waals surface area contributed by atoms with Gasteiger partial charge in [0.15, 0.2) is 5.65 Å². The van der Waals surface area contributed by atoms with Crippen LogP contribution in [0.25, 0.3) is 11.0 Å². The molecule has 0 amide bonds. The number of hydrogen-bond donors (Lipinski definition) is 1. The minimum Gasteiger partial charge on any atom is -0.368 e. The molecule has 0 aliphatic heterocycles. The van der Waals surface area contributed by atoms with Crippen molar-refractivity contribution < 1.29 is 0 Å². The molecular weight excluding hydrogens is 176 g/mol. The van der Waals surface area contributed by atoms with Crippen LogP contribution in [0, 0.1) is 0 Å². The predicted molar refractivity (Wildman–Crippen MR) is 55.8 cm³/mol. The monoisotopic (exact) mass is 188 g/mol. The average Bonchev–Trinajstić information content (AvgIpc) is 2.16. The molecule has 4 heteroatoms. The largest absolute Gasteiger partial charge is 0.368 e. The Balaban J connectivity index is 2.63. The summed E-state index contributed by atoms with van der Waals surface area (Å²) in [6.45, 7) is 4.19. The highest BCUT2D eigenvalue weighted by molar-refractivity contribution is 5.74. The molecule has 4 nitrogen and oxygen atoms in total. The van der Waals surface area contributed by atoms with Crippen LogP contribution in [0.3, 0.4) is 0 Å². The van der Waals surface area contributed by atoms with Crippen molar-refractivity contribution >= 4 is 17.0 Å². The fourth-order valence-corrected chi connectivity index (χ4v) is 1.26. The van der Waals surface area contributed by atoms with Gasteiger partial charge in [-0.05, 0) is 18.1 Å². The van der Waals surface area contributed by atoms with Crippen molar-refractivity contribution in [3.05, 3.63) is 24.0 Å². The Labute approximate surface area is 82.2 Å². The van der Waals surface area contributed by atoms with Crippen LogP contribution in [-0.2, 0) is 0 Å². The first-order valence-electron chi connectivity index (χ1n) is 4.56. The average molecular weight is 188 g/mol. The fourth-order valence-electron chi connectivity index (χ4n) is 1.26. The van der Waals surface area contributed by atoms with E-state index in [0.717, 1.165) is 11.1 Å². The normalized spacial score (nSPS) is 11.1. The van der Waals surface area contributed by atoms with Gasteiger partial charge in [0.05, 0.1) is 0 Å². The van der Waals surface area contributed by atoms with Gasteiger partial charge in [-0.2, -0.15) is 4.98 Å².